The maximum absolute atomic E-state index is 13.4. The lowest BCUT2D eigenvalue weighted by Crippen LogP contribution is -2.46. The molecule has 7 nitrogen and oxygen atoms in total. The second-order valence-corrected chi connectivity index (χ2v) is 6.92. The van der Waals surface area contributed by atoms with E-state index < -0.39 is 0 Å². The Hall–Kier alpha value is -1.98. The van der Waals surface area contributed by atoms with Gasteiger partial charge >= 0.3 is 0 Å². The van der Waals surface area contributed by atoms with E-state index in [2.05, 4.69) is 25.5 Å². The van der Waals surface area contributed by atoms with Crippen molar-refractivity contribution >= 4 is 29.9 Å². The maximum Gasteiger partial charge on any atom is 0.218 e. The van der Waals surface area contributed by atoms with Gasteiger partial charge in [-0.2, -0.15) is 0 Å². The van der Waals surface area contributed by atoms with Crippen LogP contribution in [0.1, 0.15) is 24.1 Å². The minimum atomic E-state index is -0.230. The Kier molecular flexibility index (Phi) is 11.0. The van der Waals surface area contributed by atoms with Crippen molar-refractivity contribution in [3.63, 3.8) is 0 Å². The molecule has 1 aromatic heterocycles. The van der Waals surface area contributed by atoms with Crippen LogP contribution in [-0.4, -0.2) is 62.3 Å². The van der Waals surface area contributed by atoms with Crippen LogP contribution in [0.25, 0.3) is 0 Å². The van der Waals surface area contributed by atoms with Gasteiger partial charge in [0.2, 0.25) is 5.88 Å². The Morgan fingerprint density at radius 1 is 1.23 bits per heavy atom. The van der Waals surface area contributed by atoms with Gasteiger partial charge < -0.3 is 20.1 Å². The Morgan fingerprint density at radius 3 is 2.65 bits per heavy atom. The molecule has 31 heavy (non-hydrogen) atoms. The SMILES string of the molecule is CCOc1ncccc1CNC(=NC)NCC(c1ccc(F)cc1)N1CCOCC1.I. The highest BCUT2D eigenvalue weighted by Crippen LogP contribution is 2.21. The van der Waals surface area contributed by atoms with Crippen LogP contribution in [0.3, 0.4) is 0 Å². The van der Waals surface area contributed by atoms with Crippen LogP contribution >= 0.6 is 24.0 Å². The van der Waals surface area contributed by atoms with E-state index in [0.717, 1.165) is 24.2 Å². The number of guanidine groups is 1. The van der Waals surface area contributed by atoms with Crippen LogP contribution in [-0.2, 0) is 11.3 Å². The summed E-state index contributed by atoms with van der Waals surface area (Å²) in [5, 5.41) is 6.72. The highest BCUT2D eigenvalue weighted by Gasteiger charge is 2.23. The lowest BCUT2D eigenvalue weighted by Gasteiger charge is -2.35. The first-order valence-corrected chi connectivity index (χ1v) is 10.3. The summed E-state index contributed by atoms with van der Waals surface area (Å²) < 4.78 is 24.5. The lowest BCUT2D eigenvalue weighted by molar-refractivity contribution is 0.0170. The van der Waals surface area contributed by atoms with Gasteiger partial charge in [0.1, 0.15) is 5.82 Å². The van der Waals surface area contributed by atoms with Gasteiger partial charge in [0.05, 0.1) is 25.9 Å². The van der Waals surface area contributed by atoms with Gasteiger partial charge in [0.25, 0.3) is 0 Å². The number of nitrogens with one attached hydrogen (secondary N) is 2. The van der Waals surface area contributed by atoms with Crippen molar-refractivity contribution in [1.29, 1.82) is 0 Å². The van der Waals surface area contributed by atoms with Crippen molar-refractivity contribution < 1.29 is 13.9 Å². The number of benzene rings is 1. The van der Waals surface area contributed by atoms with E-state index in [1.165, 1.54) is 12.1 Å². The monoisotopic (exact) mass is 543 g/mol. The quantitative estimate of drug-likeness (QED) is 0.303. The highest BCUT2D eigenvalue weighted by molar-refractivity contribution is 14.0. The molecular formula is C22H31FIN5O2. The van der Waals surface area contributed by atoms with Gasteiger partial charge in [-0.05, 0) is 30.7 Å². The predicted octanol–water partition coefficient (Wildman–Crippen LogP) is 2.98. The molecule has 2 N–H and O–H groups in total. The summed E-state index contributed by atoms with van der Waals surface area (Å²) >= 11 is 0. The van der Waals surface area contributed by atoms with Gasteiger partial charge in [0.15, 0.2) is 5.96 Å². The standard InChI is InChI=1S/C22H30FN5O2.HI/c1-3-30-21-18(5-4-10-25-21)15-26-22(24-2)27-16-20(28-11-13-29-14-12-28)17-6-8-19(23)9-7-17;/h4-10,20H,3,11-16H2,1-2H3,(H2,24,26,27);1H. The number of aliphatic imine (C=N–C) groups is 1. The van der Waals surface area contributed by atoms with E-state index >= 15 is 0 Å². The Balaban J connectivity index is 0.00000341. The summed E-state index contributed by atoms with van der Waals surface area (Å²) in [5.41, 5.74) is 2.03. The smallest absolute Gasteiger partial charge is 0.218 e. The fraction of sp³-hybridized carbons (Fsp3) is 0.455. The van der Waals surface area contributed by atoms with Gasteiger partial charge in [-0.1, -0.05) is 18.2 Å². The normalized spacial score (nSPS) is 15.6. The van der Waals surface area contributed by atoms with E-state index in [0.29, 0.717) is 44.7 Å². The molecule has 0 bridgehead atoms. The molecule has 9 heteroatoms. The zero-order chi connectivity index (χ0) is 21.2. The molecule has 1 atom stereocenters. The van der Waals surface area contributed by atoms with Crippen molar-refractivity contribution in [1.82, 2.24) is 20.5 Å². The van der Waals surface area contributed by atoms with Crippen LogP contribution in [0.4, 0.5) is 4.39 Å². The molecular weight excluding hydrogens is 512 g/mol. The van der Waals surface area contributed by atoms with Crippen molar-refractivity contribution in [3.8, 4) is 5.88 Å². The molecule has 0 saturated carbocycles. The van der Waals surface area contributed by atoms with Gasteiger partial charge in [-0.3, -0.25) is 9.89 Å². The van der Waals surface area contributed by atoms with Crippen LogP contribution in [0.5, 0.6) is 5.88 Å². The molecule has 1 aliphatic heterocycles. The zero-order valence-corrected chi connectivity index (χ0v) is 20.3. The molecule has 0 radical (unpaired) electrons. The summed E-state index contributed by atoms with van der Waals surface area (Å²) in [5.74, 6) is 1.08. The van der Waals surface area contributed by atoms with Crippen molar-refractivity contribution in [3.05, 3.63) is 59.5 Å². The third kappa shape index (κ3) is 7.58. The maximum atomic E-state index is 13.4. The van der Waals surface area contributed by atoms with E-state index in [1.807, 2.05) is 31.2 Å². The van der Waals surface area contributed by atoms with Crippen LogP contribution in [0.15, 0.2) is 47.6 Å². The molecule has 1 unspecified atom stereocenters. The second kappa shape index (κ2) is 13.4. The first-order valence-electron chi connectivity index (χ1n) is 10.3. The third-order valence-corrected chi connectivity index (χ3v) is 5.00. The van der Waals surface area contributed by atoms with Crippen LogP contribution in [0, 0.1) is 5.82 Å². The highest BCUT2D eigenvalue weighted by atomic mass is 127. The minimum Gasteiger partial charge on any atom is -0.478 e. The molecule has 1 saturated heterocycles. The number of morpholine rings is 1. The summed E-state index contributed by atoms with van der Waals surface area (Å²) in [6.07, 6.45) is 1.72. The number of pyridine rings is 1. The van der Waals surface area contributed by atoms with Crippen molar-refractivity contribution in [2.24, 2.45) is 4.99 Å². The first-order chi connectivity index (χ1) is 14.7. The number of nitrogens with zero attached hydrogens (tertiary/aromatic N) is 3. The number of hydrogen-bond donors (Lipinski definition) is 2. The molecule has 1 fully saturated rings. The largest absolute Gasteiger partial charge is 0.478 e. The average Bonchev–Trinajstić information content (AvgIpc) is 2.79. The number of hydrogen-bond acceptors (Lipinski definition) is 5. The summed E-state index contributed by atoms with van der Waals surface area (Å²) in [6, 6.07) is 10.7. The molecule has 0 spiro atoms. The van der Waals surface area contributed by atoms with E-state index in [-0.39, 0.29) is 35.8 Å². The van der Waals surface area contributed by atoms with Gasteiger partial charge in [-0.15, -0.1) is 24.0 Å². The molecule has 1 aromatic carbocycles. The fourth-order valence-corrected chi connectivity index (χ4v) is 3.45. The molecule has 3 rings (SSSR count). The number of rotatable bonds is 8. The molecule has 0 aliphatic carbocycles. The topological polar surface area (TPSA) is 71.0 Å². The first kappa shape index (κ1) is 25.3. The van der Waals surface area contributed by atoms with Crippen LogP contribution in [0.2, 0.25) is 0 Å². The van der Waals surface area contributed by atoms with E-state index in [9.17, 15) is 4.39 Å². The average molecular weight is 543 g/mol. The Bertz CT molecular complexity index is 816. The Morgan fingerprint density at radius 2 is 1.97 bits per heavy atom. The lowest BCUT2D eigenvalue weighted by atomic mass is 10.0. The summed E-state index contributed by atoms with van der Waals surface area (Å²) in [4.78, 5) is 11.0. The van der Waals surface area contributed by atoms with Crippen LogP contribution < -0.4 is 15.4 Å². The summed E-state index contributed by atoms with van der Waals surface area (Å²) in [7, 11) is 1.74. The number of halogens is 2. The van der Waals surface area contributed by atoms with E-state index in [1.54, 1.807) is 13.2 Å². The zero-order valence-electron chi connectivity index (χ0n) is 18.0. The minimum absolute atomic E-state index is 0. The fourth-order valence-electron chi connectivity index (χ4n) is 3.45. The second-order valence-electron chi connectivity index (χ2n) is 6.92. The number of aromatic nitrogens is 1. The molecule has 1 aliphatic rings. The van der Waals surface area contributed by atoms with Gasteiger partial charge in [-0.25, -0.2) is 9.37 Å². The van der Waals surface area contributed by atoms with E-state index in [4.69, 9.17) is 9.47 Å². The summed E-state index contributed by atoms with van der Waals surface area (Å²) in [6.45, 7) is 6.76. The van der Waals surface area contributed by atoms with Gasteiger partial charge in [0, 0.05) is 45.0 Å². The molecule has 170 valence electrons. The molecule has 2 aromatic rings. The predicted molar refractivity (Wildman–Crippen MR) is 131 cm³/mol. The third-order valence-electron chi connectivity index (χ3n) is 5.00. The molecule has 0 amide bonds. The van der Waals surface area contributed by atoms with Crippen molar-refractivity contribution in [2.45, 2.75) is 19.5 Å². The van der Waals surface area contributed by atoms with Crippen molar-refractivity contribution in [2.75, 3.05) is 46.5 Å². The Labute approximate surface area is 200 Å². The molecule has 2 heterocycles. The number of ether oxygens (including phenoxy) is 2.